The van der Waals surface area contributed by atoms with Gasteiger partial charge in [-0.1, -0.05) is 0 Å². The summed E-state index contributed by atoms with van der Waals surface area (Å²) in [5, 5.41) is 10.6. The lowest BCUT2D eigenvalue weighted by Gasteiger charge is -2.32. The van der Waals surface area contributed by atoms with E-state index >= 15 is 0 Å². The number of hydrogen-bond acceptors (Lipinski definition) is 5. The van der Waals surface area contributed by atoms with Crippen molar-refractivity contribution < 1.29 is 13.2 Å². The number of carbonyl (C=O) groups excluding carboxylic acids is 1. The smallest absolute Gasteiger partial charge is 0.317 e. The summed E-state index contributed by atoms with van der Waals surface area (Å²) >= 11 is 0. The van der Waals surface area contributed by atoms with E-state index in [0.717, 1.165) is 6.26 Å². The maximum absolute atomic E-state index is 12.2. The Balaban J connectivity index is 1.84. The summed E-state index contributed by atoms with van der Waals surface area (Å²) in [5.74, 6) is 0.682. The third-order valence-electron chi connectivity index (χ3n) is 3.64. The lowest BCUT2D eigenvalue weighted by molar-refractivity contribution is 0.176. The molecule has 1 atom stereocenters. The molecule has 0 aromatic carbocycles. The first-order chi connectivity index (χ1) is 10.3. The Hall–Kier alpha value is -1.68. The number of amides is 2. The molecule has 124 valence electrons. The van der Waals surface area contributed by atoms with E-state index < -0.39 is 10.0 Å². The summed E-state index contributed by atoms with van der Waals surface area (Å²) in [6, 6.07) is -0.518. The fraction of sp³-hybridized carbons (Fsp3) is 0.750. The number of piperidine rings is 1. The number of nitrogens with one attached hydrogen (secondary N) is 2. The lowest BCUT2D eigenvalue weighted by Crippen LogP contribution is -2.49. The van der Waals surface area contributed by atoms with Crippen molar-refractivity contribution in [3.63, 3.8) is 0 Å². The zero-order valence-electron chi connectivity index (χ0n) is 13.0. The minimum Gasteiger partial charge on any atom is -0.328 e. The average molecular weight is 330 g/mol. The van der Waals surface area contributed by atoms with Crippen LogP contribution in [0.15, 0.2) is 6.33 Å². The molecule has 0 spiro atoms. The summed E-state index contributed by atoms with van der Waals surface area (Å²) in [6.45, 7) is 2.88. The highest BCUT2D eigenvalue weighted by Crippen LogP contribution is 2.13. The molecule has 2 N–H and O–H groups in total. The number of aromatic nitrogens is 3. The van der Waals surface area contributed by atoms with Gasteiger partial charge in [-0.3, -0.25) is 0 Å². The molecule has 0 aliphatic carbocycles. The van der Waals surface area contributed by atoms with Crippen molar-refractivity contribution in [1.82, 2.24) is 29.7 Å². The third kappa shape index (κ3) is 4.41. The van der Waals surface area contributed by atoms with Crippen molar-refractivity contribution in [3.05, 3.63) is 12.2 Å². The molecule has 1 fully saturated rings. The van der Waals surface area contributed by atoms with Crippen molar-refractivity contribution in [2.24, 2.45) is 7.05 Å². The first kappa shape index (κ1) is 16.7. The summed E-state index contributed by atoms with van der Waals surface area (Å²) in [6.07, 6.45) is 3.95. The number of likely N-dealkylation sites (tertiary alicyclic amines) is 1. The molecule has 2 rings (SSSR count). The van der Waals surface area contributed by atoms with Crippen molar-refractivity contribution in [2.45, 2.75) is 31.8 Å². The van der Waals surface area contributed by atoms with Crippen LogP contribution in [0.1, 0.15) is 31.6 Å². The van der Waals surface area contributed by atoms with E-state index in [1.54, 1.807) is 15.8 Å². The monoisotopic (exact) mass is 330 g/mol. The van der Waals surface area contributed by atoms with Gasteiger partial charge in [0.25, 0.3) is 0 Å². The van der Waals surface area contributed by atoms with Crippen LogP contribution in [0.25, 0.3) is 0 Å². The molecular weight excluding hydrogens is 308 g/mol. The van der Waals surface area contributed by atoms with Crippen LogP contribution < -0.4 is 10.0 Å². The number of sulfonamides is 1. The lowest BCUT2D eigenvalue weighted by atomic mass is 10.1. The highest BCUT2D eigenvalue weighted by atomic mass is 32.2. The molecular formula is C12H22N6O3S. The fourth-order valence-electron chi connectivity index (χ4n) is 2.53. The maximum Gasteiger partial charge on any atom is 0.317 e. The predicted octanol–water partition coefficient (Wildman–Crippen LogP) is -0.401. The number of hydrogen-bond donors (Lipinski definition) is 2. The Labute approximate surface area is 130 Å². The van der Waals surface area contributed by atoms with Gasteiger partial charge in [0.15, 0.2) is 5.82 Å². The second kappa shape index (κ2) is 6.61. The van der Waals surface area contributed by atoms with Crippen LogP contribution in [0.2, 0.25) is 0 Å². The highest BCUT2D eigenvalue weighted by Gasteiger charge is 2.26. The number of rotatable bonds is 4. The largest absolute Gasteiger partial charge is 0.328 e. The fourth-order valence-corrected chi connectivity index (χ4v) is 3.37. The summed E-state index contributed by atoms with van der Waals surface area (Å²) < 4.78 is 26.7. The molecule has 2 amide bonds. The van der Waals surface area contributed by atoms with Crippen LogP contribution in [0.3, 0.4) is 0 Å². The molecule has 1 unspecified atom stereocenters. The second-order valence-electron chi connectivity index (χ2n) is 5.62. The van der Waals surface area contributed by atoms with E-state index in [9.17, 15) is 13.2 Å². The normalized spacial score (nSPS) is 18.2. The zero-order chi connectivity index (χ0) is 16.3. The minimum atomic E-state index is -3.20. The van der Waals surface area contributed by atoms with Gasteiger partial charge in [0, 0.05) is 26.2 Å². The molecule has 1 aromatic rings. The van der Waals surface area contributed by atoms with E-state index in [1.165, 1.54) is 0 Å². The number of urea groups is 1. The Morgan fingerprint density at radius 1 is 1.41 bits per heavy atom. The van der Waals surface area contributed by atoms with Crippen LogP contribution in [-0.4, -0.2) is 59.5 Å². The number of carbonyl (C=O) groups is 1. The van der Waals surface area contributed by atoms with Crippen molar-refractivity contribution in [3.8, 4) is 0 Å². The van der Waals surface area contributed by atoms with Gasteiger partial charge in [-0.05, 0) is 19.8 Å². The molecule has 10 heteroatoms. The Morgan fingerprint density at radius 2 is 2.05 bits per heavy atom. The van der Waals surface area contributed by atoms with Gasteiger partial charge in [0.2, 0.25) is 10.0 Å². The highest BCUT2D eigenvalue weighted by molar-refractivity contribution is 7.88. The van der Waals surface area contributed by atoms with E-state index in [2.05, 4.69) is 20.2 Å². The van der Waals surface area contributed by atoms with Gasteiger partial charge in [0.1, 0.15) is 6.33 Å². The molecule has 1 aliphatic heterocycles. The van der Waals surface area contributed by atoms with Gasteiger partial charge in [-0.15, -0.1) is 10.2 Å². The standard InChI is InChI=1S/C12H22N6O3S/c1-9(11-15-13-8-17(11)2)14-12(19)18-6-4-10(5-7-18)16-22(3,20)21/h8-10,16H,4-7H2,1-3H3,(H,14,19). The van der Waals surface area contributed by atoms with Gasteiger partial charge < -0.3 is 14.8 Å². The van der Waals surface area contributed by atoms with Crippen LogP contribution in [0.5, 0.6) is 0 Å². The zero-order valence-corrected chi connectivity index (χ0v) is 13.8. The molecule has 1 saturated heterocycles. The van der Waals surface area contributed by atoms with E-state index in [0.29, 0.717) is 31.8 Å². The molecule has 22 heavy (non-hydrogen) atoms. The van der Waals surface area contributed by atoms with Gasteiger partial charge >= 0.3 is 6.03 Å². The van der Waals surface area contributed by atoms with E-state index in [-0.39, 0.29) is 18.1 Å². The Morgan fingerprint density at radius 3 is 2.55 bits per heavy atom. The van der Waals surface area contributed by atoms with Crippen LogP contribution in [0, 0.1) is 0 Å². The second-order valence-corrected chi connectivity index (χ2v) is 7.40. The van der Waals surface area contributed by atoms with Crippen molar-refractivity contribution in [2.75, 3.05) is 19.3 Å². The first-order valence-electron chi connectivity index (χ1n) is 7.13. The third-order valence-corrected chi connectivity index (χ3v) is 4.40. The maximum atomic E-state index is 12.2. The van der Waals surface area contributed by atoms with Gasteiger partial charge in [-0.2, -0.15) is 0 Å². The van der Waals surface area contributed by atoms with Crippen LogP contribution in [-0.2, 0) is 17.1 Å². The van der Waals surface area contributed by atoms with Gasteiger partial charge in [-0.25, -0.2) is 17.9 Å². The van der Waals surface area contributed by atoms with Crippen molar-refractivity contribution in [1.29, 1.82) is 0 Å². The topological polar surface area (TPSA) is 109 Å². The average Bonchev–Trinajstić information content (AvgIpc) is 2.84. The molecule has 0 radical (unpaired) electrons. The molecule has 1 aliphatic rings. The Bertz CT molecular complexity index is 621. The molecule has 9 nitrogen and oxygen atoms in total. The van der Waals surface area contributed by atoms with Crippen molar-refractivity contribution >= 4 is 16.1 Å². The van der Waals surface area contributed by atoms with E-state index in [1.807, 2.05) is 14.0 Å². The molecule has 0 saturated carbocycles. The molecule has 1 aromatic heterocycles. The summed E-state index contributed by atoms with van der Waals surface area (Å²) in [4.78, 5) is 13.9. The van der Waals surface area contributed by atoms with Crippen LogP contribution in [0.4, 0.5) is 4.79 Å². The summed E-state index contributed by atoms with van der Waals surface area (Å²) in [5.41, 5.74) is 0. The SMILES string of the molecule is CC(NC(=O)N1CCC(NS(C)(=O)=O)CC1)c1nncn1C. The van der Waals surface area contributed by atoms with E-state index in [4.69, 9.17) is 0 Å². The first-order valence-corrected chi connectivity index (χ1v) is 9.02. The van der Waals surface area contributed by atoms with Gasteiger partial charge in [0.05, 0.1) is 12.3 Å². The molecule has 2 heterocycles. The quantitative estimate of drug-likeness (QED) is 0.781. The molecule has 0 bridgehead atoms. The van der Waals surface area contributed by atoms with Crippen LogP contribution >= 0.6 is 0 Å². The predicted molar refractivity (Wildman–Crippen MR) is 80.5 cm³/mol. The minimum absolute atomic E-state index is 0.102. The summed E-state index contributed by atoms with van der Waals surface area (Å²) in [7, 11) is -1.38. The Kier molecular flexibility index (Phi) is 5.01. The number of aryl methyl sites for hydroxylation is 1. The number of nitrogens with zero attached hydrogens (tertiary/aromatic N) is 4.